The standard InChI is InChI=1S/C35H47N3O7S/c1-33(2,3)45-32(42)36-29-26(20-27(46-29)24-11-8-23(9-12-24)10-13-28(39)43-6)30(40)37-18-14-25(15-19-37)38-17-7-16-35(22-38)21-34(4,5)44-31(35)41/h8-9,11-12,20,25H,7,10,13-19,21-22H2,1-6H3,(H,36,42)/p+1. The van der Waals surface area contributed by atoms with Crippen molar-refractivity contribution in [2.75, 3.05) is 38.6 Å². The van der Waals surface area contributed by atoms with E-state index in [-0.39, 0.29) is 17.8 Å². The lowest BCUT2D eigenvalue weighted by molar-refractivity contribution is -0.154. The molecule has 5 rings (SSSR count). The number of anilines is 1. The van der Waals surface area contributed by atoms with Crippen molar-refractivity contribution in [3.8, 4) is 10.4 Å². The smallest absolute Gasteiger partial charge is 0.459 e. The average Bonchev–Trinajstić information content (AvgIpc) is 3.51. The van der Waals surface area contributed by atoms with Crippen LogP contribution < -0.4 is 5.32 Å². The number of aryl methyl sites for hydroxylation is 1. The van der Waals surface area contributed by atoms with Crippen molar-refractivity contribution in [1.29, 1.82) is 0 Å². The number of nitrogens with one attached hydrogen (secondary N) is 1. The highest BCUT2D eigenvalue weighted by Crippen LogP contribution is 2.47. The molecule has 11 heteroatoms. The van der Waals surface area contributed by atoms with Crippen molar-refractivity contribution in [1.82, 2.24) is 9.80 Å². The molecule has 0 bridgehead atoms. The second-order valence-corrected chi connectivity index (χ2v) is 15.5. The molecule has 1 aromatic carbocycles. The van der Waals surface area contributed by atoms with Crippen molar-refractivity contribution in [2.24, 2.45) is 5.41 Å². The van der Waals surface area contributed by atoms with E-state index in [4.69, 9.17) is 14.2 Å². The molecule has 3 aliphatic rings. The Morgan fingerprint density at radius 3 is 2.43 bits per heavy atom. The number of benzene rings is 1. The fourth-order valence-electron chi connectivity index (χ4n) is 7.05. The van der Waals surface area contributed by atoms with E-state index in [1.807, 2.05) is 49.1 Å². The van der Waals surface area contributed by atoms with Crippen LogP contribution in [0.15, 0.2) is 30.3 Å². The Bertz CT molecular complexity index is 1450. The number of ether oxygens (including phenoxy) is 3. The van der Waals surface area contributed by atoms with Crippen LogP contribution in [-0.4, -0.2) is 89.1 Å². The molecule has 2 N–H and O–H groups in total. The summed E-state index contributed by atoms with van der Waals surface area (Å²) in [6.07, 6.45) is 4.68. The molecule has 1 atom stereocenters. The fourth-order valence-corrected chi connectivity index (χ4v) is 8.09. The minimum Gasteiger partial charge on any atom is -0.459 e. The number of nitrogens with zero attached hydrogens (tertiary/aromatic N) is 2. The summed E-state index contributed by atoms with van der Waals surface area (Å²) in [6, 6.07) is 10.1. The van der Waals surface area contributed by atoms with Crippen LogP contribution in [0.1, 0.15) is 89.1 Å². The molecule has 2 amide bonds. The SMILES string of the molecule is COC(=[OH+])CCc1ccc(-c2cc(C(=O)N3CCC(N4CCCC5(C4)CC(C)(C)OC5=O)CC3)c(NC(=O)OC(C)(C)C)s2)cc1. The van der Waals surface area contributed by atoms with E-state index in [0.717, 1.165) is 61.2 Å². The number of methoxy groups -OCH3 is 1. The van der Waals surface area contributed by atoms with Gasteiger partial charge in [0, 0.05) is 37.0 Å². The van der Waals surface area contributed by atoms with Crippen molar-refractivity contribution in [3.05, 3.63) is 41.5 Å². The molecule has 1 spiro atoms. The van der Waals surface area contributed by atoms with Gasteiger partial charge in [-0.2, -0.15) is 0 Å². The lowest BCUT2D eigenvalue weighted by Crippen LogP contribution is -2.53. The van der Waals surface area contributed by atoms with Crippen LogP contribution in [0, 0.1) is 5.41 Å². The van der Waals surface area contributed by atoms with E-state index >= 15 is 0 Å². The molecule has 1 aromatic heterocycles. The minimum absolute atomic E-state index is 0.00483. The number of piperidine rings is 2. The normalized spacial score (nSPS) is 22.0. The van der Waals surface area contributed by atoms with Gasteiger partial charge < -0.3 is 23.9 Å². The number of esters is 2. The lowest BCUT2D eigenvalue weighted by Gasteiger charge is -2.44. The number of carbonyl (C=O) groups excluding carboxylic acids is 4. The maximum Gasteiger partial charge on any atom is 0.482 e. The maximum atomic E-state index is 14.0. The molecule has 0 aliphatic carbocycles. The van der Waals surface area contributed by atoms with E-state index in [1.54, 1.807) is 20.8 Å². The molecule has 10 nitrogen and oxygen atoms in total. The summed E-state index contributed by atoms with van der Waals surface area (Å²) in [5, 5.41) is 3.30. The lowest BCUT2D eigenvalue weighted by atomic mass is 9.74. The third-order valence-electron chi connectivity index (χ3n) is 9.12. The van der Waals surface area contributed by atoms with Crippen LogP contribution in [0.4, 0.5) is 9.80 Å². The molecule has 3 aliphatic heterocycles. The third-order valence-corrected chi connectivity index (χ3v) is 10.2. The van der Waals surface area contributed by atoms with Gasteiger partial charge in [0.25, 0.3) is 5.91 Å². The predicted molar refractivity (Wildman–Crippen MR) is 179 cm³/mol. The molecule has 46 heavy (non-hydrogen) atoms. The predicted octanol–water partition coefficient (Wildman–Crippen LogP) is 6.26. The molecular weight excluding hydrogens is 606 g/mol. The first-order valence-electron chi connectivity index (χ1n) is 16.3. The Kier molecular flexibility index (Phi) is 9.84. The van der Waals surface area contributed by atoms with Crippen molar-refractivity contribution < 1.29 is 33.4 Å². The van der Waals surface area contributed by atoms with Gasteiger partial charge in [0.05, 0.1) is 11.0 Å². The van der Waals surface area contributed by atoms with Crippen LogP contribution >= 0.6 is 11.3 Å². The third kappa shape index (κ3) is 7.91. The molecule has 0 radical (unpaired) electrons. The van der Waals surface area contributed by atoms with Crippen molar-refractivity contribution >= 4 is 40.3 Å². The highest BCUT2D eigenvalue weighted by atomic mass is 32.1. The molecular formula is C35H48N3O7S+. The molecule has 3 saturated heterocycles. The molecule has 250 valence electrons. The summed E-state index contributed by atoms with van der Waals surface area (Å²) in [7, 11) is 1.44. The minimum atomic E-state index is -0.682. The summed E-state index contributed by atoms with van der Waals surface area (Å²) < 4.78 is 16.1. The molecule has 2 aromatic rings. The van der Waals surface area contributed by atoms with E-state index in [9.17, 15) is 19.2 Å². The Morgan fingerprint density at radius 1 is 1.13 bits per heavy atom. The largest absolute Gasteiger partial charge is 0.482 e. The quantitative estimate of drug-likeness (QED) is 0.213. The summed E-state index contributed by atoms with van der Waals surface area (Å²) in [5.74, 6) is -0.188. The Hall–Kier alpha value is -3.44. The van der Waals surface area contributed by atoms with Gasteiger partial charge in [-0.15, -0.1) is 11.3 Å². The second-order valence-electron chi connectivity index (χ2n) is 14.5. The average molecular weight is 655 g/mol. The number of likely N-dealkylation sites (tertiary alicyclic amines) is 2. The van der Waals surface area contributed by atoms with Gasteiger partial charge in [0.1, 0.15) is 22.6 Å². The zero-order valence-corrected chi connectivity index (χ0v) is 28.8. The monoisotopic (exact) mass is 654 g/mol. The van der Waals surface area contributed by atoms with E-state index in [2.05, 4.69) is 10.2 Å². The topological polar surface area (TPSA) is 119 Å². The van der Waals surface area contributed by atoms with Gasteiger partial charge >= 0.3 is 18.0 Å². The van der Waals surface area contributed by atoms with Crippen LogP contribution in [0.25, 0.3) is 10.4 Å². The van der Waals surface area contributed by atoms with Crippen LogP contribution in [0.2, 0.25) is 0 Å². The van der Waals surface area contributed by atoms with Crippen LogP contribution in [0.5, 0.6) is 0 Å². The number of thiophene rings is 1. The number of hydrogen-bond donors (Lipinski definition) is 1. The first-order chi connectivity index (χ1) is 21.7. The number of carbonyl (C=O) groups is 3. The highest BCUT2D eigenvalue weighted by molar-refractivity contribution is 7.20. The Balaban J connectivity index is 1.29. The van der Waals surface area contributed by atoms with Gasteiger partial charge in [-0.25, -0.2) is 4.79 Å². The Labute approximate surface area is 275 Å². The van der Waals surface area contributed by atoms with Crippen LogP contribution in [0.3, 0.4) is 0 Å². The van der Waals surface area contributed by atoms with Crippen molar-refractivity contribution in [2.45, 2.75) is 96.8 Å². The summed E-state index contributed by atoms with van der Waals surface area (Å²) in [4.78, 5) is 54.5. The number of rotatable bonds is 7. The number of cyclic esters (lactones) is 1. The summed E-state index contributed by atoms with van der Waals surface area (Å²) in [5.41, 5.74) is 0.885. The highest BCUT2D eigenvalue weighted by Gasteiger charge is 2.54. The van der Waals surface area contributed by atoms with Crippen molar-refractivity contribution in [3.63, 3.8) is 0 Å². The van der Waals surface area contributed by atoms with Gasteiger partial charge in [-0.3, -0.25) is 19.8 Å². The van der Waals surface area contributed by atoms with Gasteiger partial charge in [0.2, 0.25) is 0 Å². The van der Waals surface area contributed by atoms with Crippen LogP contribution in [-0.2, 0) is 25.4 Å². The van der Waals surface area contributed by atoms with Gasteiger partial charge in [0.15, 0.2) is 7.11 Å². The van der Waals surface area contributed by atoms with Gasteiger partial charge in [-0.05, 0) is 90.5 Å². The first-order valence-corrected chi connectivity index (χ1v) is 17.1. The molecule has 4 heterocycles. The van der Waals surface area contributed by atoms with E-state index < -0.39 is 22.7 Å². The summed E-state index contributed by atoms with van der Waals surface area (Å²) >= 11 is 1.35. The first kappa shape index (κ1) is 33.9. The summed E-state index contributed by atoms with van der Waals surface area (Å²) in [6.45, 7) is 12.3. The second kappa shape index (κ2) is 13.4. The fraction of sp³-hybridized carbons (Fsp3) is 0.600. The molecule has 3 fully saturated rings. The zero-order chi connectivity index (χ0) is 33.3. The van der Waals surface area contributed by atoms with E-state index in [1.165, 1.54) is 18.4 Å². The number of amides is 2. The zero-order valence-electron chi connectivity index (χ0n) is 27.9. The van der Waals surface area contributed by atoms with E-state index in [0.29, 0.717) is 42.5 Å². The van der Waals surface area contributed by atoms with Gasteiger partial charge in [-0.1, -0.05) is 24.3 Å². The molecule has 1 unspecified atom stereocenters. The number of hydrogen-bond acceptors (Lipinski definition) is 8. The maximum absolute atomic E-state index is 14.0. The molecule has 0 saturated carbocycles. The Morgan fingerprint density at radius 2 is 1.83 bits per heavy atom.